The molecule has 0 spiro atoms. The minimum absolute atomic E-state index is 0.0456. The summed E-state index contributed by atoms with van der Waals surface area (Å²) in [5.74, 6) is -0.232. The molecular weight excluding hydrogens is 432 g/mol. The first-order valence-corrected chi connectivity index (χ1v) is 12.0. The van der Waals surface area contributed by atoms with Gasteiger partial charge in [-0.25, -0.2) is 8.42 Å². The highest BCUT2D eigenvalue weighted by atomic mass is 79.9. The molecule has 1 unspecified atom stereocenters. The zero-order valence-electron chi connectivity index (χ0n) is 15.7. The molecule has 0 saturated heterocycles. The van der Waals surface area contributed by atoms with Gasteiger partial charge in [-0.1, -0.05) is 19.1 Å². The molecule has 1 aliphatic carbocycles. The predicted octanol–water partition coefficient (Wildman–Crippen LogP) is 2.68. The third-order valence-electron chi connectivity index (χ3n) is 4.88. The number of amides is 2. The highest BCUT2D eigenvalue weighted by Gasteiger charge is 2.27. The van der Waals surface area contributed by atoms with Crippen LogP contribution in [0.2, 0.25) is 0 Å². The Labute approximate surface area is 169 Å². The van der Waals surface area contributed by atoms with E-state index in [1.807, 2.05) is 0 Å². The number of benzene rings is 1. The maximum Gasteiger partial charge on any atom is 0.253 e. The van der Waals surface area contributed by atoms with E-state index in [2.05, 4.69) is 33.5 Å². The maximum absolute atomic E-state index is 12.7. The van der Waals surface area contributed by atoms with Crippen LogP contribution in [0.15, 0.2) is 28.7 Å². The van der Waals surface area contributed by atoms with E-state index in [-0.39, 0.29) is 24.1 Å². The van der Waals surface area contributed by atoms with Crippen molar-refractivity contribution in [3.63, 3.8) is 0 Å². The van der Waals surface area contributed by atoms with Crippen molar-refractivity contribution in [2.45, 2.75) is 51.1 Å². The maximum atomic E-state index is 12.7. The molecule has 1 atom stereocenters. The molecule has 1 aromatic rings. The predicted molar refractivity (Wildman–Crippen MR) is 109 cm³/mol. The van der Waals surface area contributed by atoms with E-state index in [0.29, 0.717) is 16.0 Å². The summed E-state index contributed by atoms with van der Waals surface area (Å²) < 4.78 is 23.7. The minimum atomic E-state index is -3.24. The molecule has 1 aliphatic rings. The Kier molecular flexibility index (Phi) is 7.85. The molecule has 6 nitrogen and oxygen atoms in total. The Morgan fingerprint density at radius 3 is 2.41 bits per heavy atom. The van der Waals surface area contributed by atoms with Crippen LogP contribution < -0.4 is 10.6 Å². The molecule has 1 saturated carbocycles. The third kappa shape index (κ3) is 7.25. The van der Waals surface area contributed by atoms with Crippen molar-refractivity contribution in [3.05, 3.63) is 34.3 Å². The second-order valence-electron chi connectivity index (χ2n) is 7.39. The lowest BCUT2D eigenvalue weighted by Gasteiger charge is -2.28. The monoisotopic (exact) mass is 458 g/mol. The number of carbonyl (C=O) groups excluding carboxylic acids is 2. The van der Waals surface area contributed by atoms with Gasteiger partial charge in [-0.2, -0.15) is 0 Å². The number of halogens is 1. The number of nitrogens with one attached hydrogen (secondary N) is 2. The normalized spacial score (nSPS) is 21.3. The van der Waals surface area contributed by atoms with Gasteiger partial charge in [-0.3, -0.25) is 9.59 Å². The molecule has 8 heteroatoms. The van der Waals surface area contributed by atoms with Gasteiger partial charge in [0, 0.05) is 16.8 Å². The van der Waals surface area contributed by atoms with Crippen LogP contribution >= 0.6 is 15.9 Å². The Bertz CT molecular complexity index is 774. The standard InChI is InChI=1S/C19H27BrN2O4S/c1-13-7-9-14(10-8-13)21-19(24)17(11-12-27(2,25)26)22-18(23)15-5-3-4-6-16(15)20/h3-6,13-14,17H,7-12H2,1-2H3,(H,21,24)(H,22,23). The summed E-state index contributed by atoms with van der Waals surface area (Å²) in [4.78, 5) is 25.3. The summed E-state index contributed by atoms with van der Waals surface area (Å²) in [5.41, 5.74) is 0.404. The highest BCUT2D eigenvalue weighted by molar-refractivity contribution is 9.10. The van der Waals surface area contributed by atoms with Crippen LogP contribution in [0.25, 0.3) is 0 Å². The SMILES string of the molecule is CC1CCC(NC(=O)C(CCS(C)(=O)=O)NC(=O)c2ccccc2Br)CC1. The summed E-state index contributed by atoms with van der Waals surface area (Å²) in [6, 6.07) is 6.10. The van der Waals surface area contributed by atoms with Crippen LogP contribution in [0.1, 0.15) is 49.4 Å². The van der Waals surface area contributed by atoms with Crippen molar-refractivity contribution in [2.75, 3.05) is 12.0 Å². The van der Waals surface area contributed by atoms with Crippen LogP contribution in [0.4, 0.5) is 0 Å². The Hall–Kier alpha value is -1.41. The van der Waals surface area contributed by atoms with Gasteiger partial charge in [0.15, 0.2) is 0 Å². The molecule has 0 radical (unpaired) electrons. The fourth-order valence-electron chi connectivity index (χ4n) is 3.19. The largest absolute Gasteiger partial charge is 0.352 e. The van der Waals surface area contributed by atoms with Crippen molar-refractivity contribution in [1.82, 2.24) is 10.6 Å². The molecule has 27 heavy (non-hydrogen) atoms. The second-order valence-corrected chi connectivity index (χ2v) is 10.5. The Balaban J connectivity index is 2.06. The Morgan fingerprint density at radius 1 is 1.19 bits per heavy atom. The van der Waals surface area contributed by atoms with Gasteiger partial charge in [0.25, 0.3) is 5.91 Å². The average Bonchev–Trinajstić information content (AvgIpc) is 2.60. The van der Waals surface area contributed by atoms with E-state index in [1.165, 1.54) is 0 Å². The quantitative estimate of drug-likeness (QED) is 0.656. The molecule has 0 heterocycles. The summed E-state index contributed by atoms with van der Waals surface area (Å²) in [6.45, 7) is 2.20. The number of hydrogen-bond donors (Lipinski definition) is 2. The van der Waals surface area contributed by atoms with Gasteiger partial charge in [-0.15, -0.1) is 0 Å². The van der Waals surface area contributed by atoms with Gasteiger partial charge in [0.2, 0.25) is 5.91 Å². The summed E-state index contributed by atoms with van der Waals surface area (Å²) in [6.07, 6.45) is 5.10. The molecule has 2 amide bonds. The van der Waals surface area contributed by atoms with Crippen LogP contribution in [-0.2, 0) is 14.6 Å². The van der Waals surface area contributed by atoms with E-state index in [1.54, 1.807) is 24.3 Å². The van der Waals surface area contributed by atoms with Gasteiger partial charge < -0.3 is 10.6 Å². The van der Waals surface area contributed by atoms with Crippen LogP contribution in [0, 0.1) is 5.92 Å². The minimum Gasteiger partial charge on any atom is -0.352 e. The lowest BCUT2D eigenvalue weighted by Crippen LogP contribution is -2.50. The summed E-state index contributed by atoms with van der Waals surface area (Å²) in [7, 11) is -3.24. The molecular formula is C19H27BrN2O4S. The fraction of sp³-hybridized carbons (Fsp3) is 0.579. The number of carbonyl (C=O) groups is 2. The molecule has 2 rings (SSSR count). The number of rotatable bonds is 7. The van der Waals surface area contributed by atoms with E-state index < -0.39 is 21.8 Å². The van der Waals surface area contributed by atoms with Crippen molar-refractivity contribution < 1.29 is 18.0 Å². The molecule has 2 N–H and O–H groups in total. The van der Waals surface area contributed by atoms with Crippen LogP contribution in [0.5, 0.6) is 0 Å². The van der Waals surface area contributed by atoms with Crippen molar-refractivity contribution in [2.24, 2.45) is 5.92 Å². The smallest absolute Gasteiger partial charge is 0.253 e. The molecule has 1 aromatic carbocycles. The number of hydrogen-bond acceptors (Lipinski definition) is 4. The summed E-state index contributed by atoms with van der Waals surface area (Å²) >= 11 is 3.32. The average molecular weight is 459 g/mol. The van der Waals surface area contributed by atoms with Gasteiger partial charge in [0.05, 0.1) is 11.3 Å². The lowest BCUT2D eigenvalue weighted by atomic mass is 9.87. The van der Waals surface area contributed by atoms with Crippen LogP contribution in [0.3, 0.4) is 0 Å². The van der Waals surface area contributed by atoms with E-state index in [9.17, 15) is 18.0 Å². The van der Waals surface area contributed by atoms with Gasteiger partial charge >= 0.3 is 0 Å². The molecule has 0 aromatic heterocycles. The second kappa shape index (κ2) is 9.68. The van der Waals surface area contributed by atoms with Crippen molar-refractivity contribution in [1.29, 1.82) is 0 Å². The first-order chi connectivity index (χ1) is 12.7. The van der Waals surface area contributed by atoms with Crippen molar-refractivity contribution >= 4 is 37.6 Å². The molecule has 0 aliphatic heterocycles. The van der Waals surface area contributed by atoms with Gasteiger partial charge in [0.1, 0.15) is 15.9 Å². The Morgan fingerprint density at radius 2 is 1.81 bits per heavy atom. The first-order valence-electron chi connectivity index (χ1n) is 9.19. The van der Waals surface area contributed by atoms with E-state index in [0.717, 1.165) is 31.9 Å². The molecule has 1 fully saturated rings. The summed E-state index contributed by atoms with van der Waals surface area (Å²) in [5, 5.41) is 5.69. The zero-order valence-corrected chi connectivity index (χ0v) is 18.1. The lowest BCUT2D eigenvalue weighted by molar-refractivity contribution is -0.124. The molecule has 0 bridgehead atoms. The fourth-order valence-corrected chi connectivity index (χ4v) is 4.32. The van der Waals surface area contributed by atoms with Gasteiger partial charge in [-0.05, 0) is 66.1 Å². The number of sulfone groups is 1. The first kappa shape index (κ1) is 21.9. The highest BCUT2D eigenvalue weighted by Crippen LogP contribution is 2.23. The molecule has 150 valence electrons. The zero-order chi connectivity index (χ0) is 20.0. The topological polar surface area (TPSA) is 92.3 Å². The third-order valence-corrected chi connectivity index (χ3v) is 6.55. The van der Waals surface area contributed by atoms with E-state index in [4.69, 9.17) is 0 Å². The van der Waals surface area contributed by atoms with Crippen molar-refractivity contribution in [3.8, 4) is 0 Å². The van der Waals surface area contributed by atoms with E-state index >= 15 is 0 Å². The van der Waals surface area contributed by atoms with Crippen LogP contribution in [-0.4, -0.2) is 44.3 Å².